The minimum Gasteiger partial charge on any atom is -0.483 e. The lowest BCUT2D eigenvalue weighted by atomic mass is 10.3. The lowest BCUT2D eigenvalue weighted by Gasteiger charge is -2.34. The number of urea groups is 1. The molecule has 1 aliphatic heterocycles. The second-order valence-electron chi connectivity index (χ2n) is 6.03. The van der Waals surface area contributed by atoms with E-state index in [1.54, 1.807) is 15.9 Å². The average molecular weight is 497 g/mol. The highest BCUT2D eigenvalue weighted by Gasteiger charge is 2.24. The van der Waals surface area contributed by atoms with E-state index in [0.717, 1.165) is 14.6 Å². The van der Waals surface area contributed by atoms with Crippen LogP contribution >= 0.6 is 31.9 Å². The molecule has 0 spiro atoms. The normalized spacial score (nSPS) is 14.0. The van der Waals surface area contributed by atoms with Gasteiger partial charge in [-0.15, -0.1) is 0 Å². The molecule has 0 bridgehead atoms. The van der Waals surface area contributed by atoms with E-state index in [9.17, 15) is 9.59 Å². The van der Waals surface area contributed by atoms with Gasteiger partial charge < -0.3 is 19.9 Å². The molecule has 27 heavy (non-hydrogen) atoms. The predicted octanol–water partition coefficient (Wildman–Crippen LogP) is 3.97. The van der Waals surface area contributed by atoms with E-state index >= 15 is 0 Å². The second-order valence-corrected chi connectivity index (χ2v) is 7.80. The number of halogens is 2. The second kappa shape index (κ2) is 9.23. The molecule has 0 aromatic heterocycles. The van der Waals surface area contributed by atoms with Gasteiger partial charge in [-0.3, -0.25) is 4.79 Å². The zero-order valence-corrected chi connectivity index (χ0v) is 17.7. The summed E-state index contributed by atoms with van der Waals surface area (Å²) in [5.41, 5.74) is 0.759. The molecule has 0 saturated carbocycles. The molecule has 3 rings (SSSR count). The van der Waals surface area contributed by atoms with Crippen molar-refractivity contribution in [1.82, 2.24) is 9.80 Å². The van der Waals surface area contributed by atoms with Crippen LogP contribution in [0.25, 0.3) is 0 Å². The number of carbonyl (C=O) groups is 2. The molecule has 1 heterocycles. The number of amides is 3. The molecule has 6 nitrogen and oxygen atoms in total. The maximum Gasteiger partial charge on any atom is 0.321 e. The number of hydrogen-bond donors (Lipinski definition) is 1. The number of nitrogens with one attached hydrogen (secondary N) is 1. The highest BCUT2D eigenvalue weighted by molar-refractivity contribution is 9.11. The van der Waals surface area contributed by atoms with Gasteiger partial charge in [-0.1, -0.05) is 34.1 Å². The number of piperazine rings is 1. The van der Waals surface area contributed by atoms with Crippen LogP contribution in [0.15, 0.2) is 57.5 Å². The van der Waals surface area contributed by atoms with Crippen LogP contribution in [0.4, 0.5) is 10.5 Å². The van der Waals surface area contributed by atoms with Crippen LogP contribution in [0.1, 0.15) is 0 Å². The molecule has 1 N–H and O–H groups in total. The van der Waals surface area contributed by atoms with E-state index in [2.05, 4.69) is 37.2 Å². The fourth-order valence-electron chi connectivity index (χ4n) is 2.71. The first-order valence-corrected chi connectivity index (χ1v) is 10.1. The minimum atomic E-state index is -0.150. The van der Waals surface area contributed by atoms with Crippen molar-refractivity contribution >= 4 is 49.5 Å². The summed E-state index contributed by atoms with van der Waals surface area (Å²) in [6, 6.07) is 14.7. The average Bonchev–Trinajstić information content (AvgIpc) is 2.68. The van der Waals surface area contributed by atoms with Crippen molar-refractivity contribution in [2.45, 2.75) is 0 Å². The third-order valence-electron chi connectivity index (χ3n) is 4.19. The van der Waals surface area contributed by atoms with Crippen molar-refractivity contribution in [2.75, 3.05) is 38.1 Å². The third kappa shape index (κ3) is 5.46. The fourth-order valence-corrected chi connectivity index (χ4v) is 3.87. The highest BCUT2D eigenvalue weighted by Crippen LogP contribution is 2.28. The van der Waals surface area contributed by atoms with Gasteiger partial charge in [0.05, 0.1) is 4.47 Å². The molecule has 1 fully saturated rings. The summed E-state index contributed by atoms with van der Waals surface area (Å²) in [7, 11) is 0. The number of nitrogens with zero attached hydrogens (tertiary/aromatic N) is 2. The molecule has 142 valence electrons. The van der Waals surface area contributed by atoms with Gasteiger partial charge in [-0.05, 0) is 46.3 Å². The van der Waals surface area contributed by atoms with Gasteiger partial charge in [0.2, 0.25) is 0 Å². The van der Waals surface area contributed by atoms with Crippen molar-refractivity contribution in [3.8, 4) is 5.75 Å². The Morgan fingerprint density at radius 1 is 0.963 bits per heavy atom. The van der Waals surface area contributed by atoms with Crippen LogP contribution in [-0.2, 0) is 4.79 Å². The van der Waals surface area contributed by atoms with E-state index in [1.165, 1.54) is 0 Å². The van der Waals surface area contributed by atoms with E-state index in [-0.39, 0.29) is 18.5 Å². The molecule has 2 aromatic carbocycles. The van der Waals surface area contributed by atoms with Crippen LogP contribution in [0.2, 0.25) is 0 Å². The molecular weight excluding hydrogens is 478 g/mol. The Hall–Kier alpha value is -2.06. The van der Waals surface area contributed by atoms with Crippen molar-refractivity contribution < 1.29 is 14.3 Å². The summed E-state index contributed by atoms with van der Waals surface area (Å²) in [4.78, 5) is 28.1. The first-order valence-electron chi connectivity index (χ1n) is 8.49. The summed E-state index contributed by atoms with van der Waals surface area (Å²) < 4.78 is 7.32. The van der Waals surface area contributed by atoms with Crippen LogP contribution in [0.3, 0.4) is 0 Å². The highest BCUT2D eigenvalue weighted by atomic mass is 79.9. The molecule has 1 aliphatic rings. The summed E-state index contributed by atoms with van der Waals surface area (Å²) in [6.45, 7) is 1.94. The molecular formula is C19H19Br2N3O3. The Morgan fingerprint density at radius 3 is 2.30 bits per heavy atom. The summed E-state index contributed by atoms with van der Waals surface area (Å²) in [6.07, 6.45) is 0. The summed E-state index contributed by atoms with van der Waals surface area (Å²) in [5, 5.41) is 2.86. The molecule has 8 heteroatoms. The van der Waals surface area contributed by atoms with Gasteiger partial charge >= 0.3 is 6.03 Å². The lowest BCUT2D eigenvalue weighted by Crippen LogP contribution is -2.52. The molecule has 2 aromatic rings. The number of anilines is 1. The zero-order valence-electron chi connectivity index (χ0n) is 14.5. The van der Waals surface area contributed by atoms with E-state index in [4.69, 9.17) is 4.74 Å². The van der Waals surface area contributed by atoms with Crippen LogP contribution < -0.4 is 10.1 Å². The van der Waals surface area contributed by atoms with Crippen molar-refractivity contribution in [3.63, 3.8) is 0 Å². The molecule has 0 unspecified atom stereocenters. The quantitative estimate of drug-likeness (QED) is 0.696. The number of carbonyl (C=O) groups excluding carboxylic acids is 2. The number of benzene rings is 2. The maximum absolute atomic E-state index is 12.4. The van der Waals surface area contributed by atoms with Crippen molar-refractivity contribution in [3.05, 3.63) is 57.5 Å². The number of para-hydroxylation sites is 1. The molecule has 0 aliphatic carbocycles. The van der Waals surface area contributed by atoms with Gasteiger partial charge in [0.25, 0.3) is 5.91 Å². The topological polar surface area (TPSA) is 61.9 Å². The monoisotopic (exact) mass is 495 g/mol. The SMILES string of the molecule is O=C(COc1ccc(Br)cc1Br)N1CCN(C(=O)Nc2ccccc2)CC1. The molecule has 0 radical (unpaired) electrons. The smallest absolute Gasteiger partial charge is 0.321 e. The number of rotatable bonds is 4. The number of hydrogen-bond acceptors (Lipinski definition) is 3. The fraction of sp³-hybridized carbons (Fsp3) is 0.263. The first kappa shape index (κ1) is 19.7. The van der Waals surface area contributed by atoms with E-state index in [0.29, 0.717) is 31.9 Å². The van der Waals surface area contributed by atoms with Gasteiger partial charge in [0.15, 0.2) is 6.61 Å². The van der Waals surface area contributed by atoms with Crippen molar-refractivity contribution in [1.29, 1.82) is 0 Å². The van der Waals surface area contributed by atoms with Gasteiger partial charge in [-0.2, -0.15) is 0 Å². The van der Waals surface area contributed by atoms with Crippen LogP contribution in [0, 0.1) is 0 Å². The Labute approximate surface area is 174 Å². The summed E-state index contributed by atoms with van der Waals surface area (Å²) in [5.74, 6) is 0.528. The molecule has 1 saturated heterocycles. The van der Waals surface area contributed by atoms with Crippen LogP contribution in [0.5, 0.6) is 5.75 Å². The Bertz CT molecular complexity index is 809. The predicted molar refractivity (Wildman–Crippen MR) is 111 cm³/mol. The van der Waals surface area contributed by atoms with Gasteiger partial charge in [-0.25, -0.2) is 4.79 Å². The third-order valence-corrected chi connectivity index (χ3v) is 5.30. The maximum atomic E-state index is 12.4. The molecule has 3 amide bonds. The Morgan fingerprint density at radius 2 is 1.63 bits per heavy atom. The van der Waals surface area contributed by atoms with E-state index in [1.807, 2.05) is 42.5 Å². The van der Waals surface area contributed by atoms with Gasteiger partial charge in [0.1, 0.15) is 5.75 Å². The zero-order chi connectivity index (χ0) is 19.2. The standard InChI is InChI=1S/C19H19Br2N3O3/c20-14-6-7-17(16(21)12-14)27-13-18(25)23-8-10-24(11-9-23)19(26)22-15-4-2-1-3-5-15/h1-7,12H,8-11,13H2,(H,22,26). The minimum absolute atomic E-state index is 0.0313. The molecule has 0 atom stereocenters. The van der Waals surface area contributed by atoms with Crippen LogP contribution in [-0.4, -0.2) is 54.5 Å². The first-order chi connectivity index (χ1) is 13.0. The Kier molecular flexibility index (Phi) is 6.73. The summed E-state index contributed by atoms with van der Waals surface area (Å²) >= 11 is 6.79. The lowest BCUT2D eigenvalue weighted by molar-refractivity contribution is -0.134. The van der Waals surface area contributed by atoms with E-state index < -0.39 is 0 Å². The van der Waals surface area contributed by atoms with Crippen molar-refractivity contribution in [2.24, 2.45) is 0 Å². The Balaban J connectivity index is 1.45. The van der Waals surface area contributed by atoms with Gasteiger partial charge in [0, 0.05) is 36.3 Å². The number of ether oxygens (including phenoxy) is 1. The largest absolute Gasteiger partial charge is 0.483 e.